The molecule has 6 heteroatoms. The van der Waals surface area contributed by atoms with Gasteiger partial charge in [-0.05, 0) is 12.0 Å². The van der Waals surface area contributed by atoms with Gasteiger partial charge in [0, 0.05) is 26.2 Å². The summed E-state index contributed by atoms with van der Waals surface area (Å²) in [5, 5.41) is 0. The third-order valence-corrected chi connectivity index (χ3v) is 3.70. The molecular weight excluding hydrogens is 276 g/mol. The number of alkyl halides is 2. The third-order valence-electron chi connectivity index (χ3n) is 3.70. The fourth-order valence-electron chi connectivity index (χ4n) is 2.54. The number of hydrogen-bond acceptors (Lipinski definition) is 3. The smallest absolute Gasteiger partial charge is 0.251 e. The van der Waals surface area contributed by atoms with Crippen LogP contribution in [0, 0.1) is 0 Å². The average Bonchev–Trinajstić information content (AvgIpc) is 2.47. The lowest BCUT2D eigenvalue weighted by Crippen LogP contribution is -2.54. The Bertz CT molecular complexity index is 447. The Kier molecular flexibility index (Phi) is 5.64. The normalized spacial score (nSPS) is 18.0. The molecule has 116 valence electrons. The van der Waals surface area contributed by atoms with E-state index in [0.29, 0.717) is 32.6 Å². The summed E-state index contributed by atoms with van der Waals surface area (Å²) in [5.41, 5.74) is 6.99. The maximum absolute atomic E-state index is 12.3. The van der Waals surface area contributed by atoms with Gasteiger partial charge in [0.05, 0.1) is 12.6 Å². The molecule has 1 aromatic rings. The van der Waals surface area contributed by atoms with Gasteiger partial charge < -0.3 is 10.6 Å². The van der Waals surface area contributed by atoms with Gasteiger partial charge in [-0.3, -0.25) is 9.69 Å². The minimum absolute atomic E-state index is 0.101. The Morgan fingerprint density at radius 1 is 1.14 bits per heavy atom. The van der Waals surface area contributed by atoms with Gasteiger partial charge in [0.25, 0.3) is 6.43 Å². The first-order valence-corrected chi connectivity index (χ1v) is 7.15. The summed E-state index contributed by atoms with van der Waals surface area (Å²) in [4.78, 5) is 15.6. The van der Waals surface area contributed by atoms with Crippen molar-refractivity contribution in [3.63, 3.8) is 0 Å². The maximum atomic E-state index is 12.3. The van der Waals surface area contributed by atoms with E-state index >= 15 is 0 Å². The standard InChI is InChI=1S/C15H21F2N3O/c16-14(17)11-19-6-8-20(9-7-19)15(21)13(18)10-12-4-2-1-3-5-12/h1-5,13-14H,6-11,18H2/t13-/m0/s1. The van der Waals surface area contributed by atoms with Crippen molar-refractivity contribution >= 4 is 5.91 Å². The second-order valence-corrected chi connectivity index (χ2v) is 5.31. The van der Waals surface area contributed by atoms with Gasteiger partial charge in [-0.2, -0.15) is 0 Å². The summed E-state index contributed by atoms with van der Waals surface area (Å²) in [6.45, 7) is 1.67. The average molecular weight is 297 g/mol. The summed E-state index contributed by atoms with van der Waals surface area (Å²) in [7, 11) is 0. The molecule has 2 rings (SSSR count). The highest BCUT2D eigenvalue weighted by atomic mass is 19.3. The molecule has 0 aliphatic carbocycles. The molecule has 1 amide bonds. The molecule has 1 heterocycles. The first-order chi connectivity index (χ1) is 10.1. The number of piperazine rings is 1. The molecule has 1 aliphatic rings. The molecule has 1 atom stereocenters. The van der Waals surface area contributed by atoms with Crippen molar-refractivity contribution in [2.75, 3.05) is 32.7 Å². The van der Waals surface area contributed by atoms with Crippen LogP contribution >= 0.6 is 0 Å². The van der Waals surface area contributed by atoms with Crippen LogP contribution in [-0.4, -0.2) is 60.9 Å². The predicted molar refractivity (Wildman–Crippen MR) is 77.1 cm³/mol. The number of nitrogens with zero attached hydrogens (tertiary/aromatic N) is 2. The Balaban J connectivity index is 1.81. The summed E-state index contributed by atoms with van der Waals surface area (Å²) in [5.74, 6) is -0.101. The molecule has 0 radical (unpaired) electrons. The van der Waals surface area contributed by atoms with E-state index < -0.39 is 12.5 Å². The van der Waals surface area contributed by atoms with Gasteiger partial charge in [0.2, 0.25) is 5.91 Å². The Labute approximate surface area is 123 Å². The van der Waals surface area contributed by atoms with Gasteiger partial charge in [-0.15, -0.1) is 0 Å². The molecule has 4 nitrogen and oxygen atoms in total. The van der Waals surface area contributed by atoms with E-state index in [-0.39, 0.29) is 12.5 Å². The van der Waals surface area contributed by atoms with Crippen molar-refractivity contribution in [3.05, 3.63) is 35.9 Å². The van der Waals surface area contributed by atoms with Crippen LogP contribution in [0.15, 0.2) is 30.3 Å². The number of nitrogens with two attached hydrogens (primary N) is 1. The molecule has 1 aromatic carbocycles. The summed E-state index contributed by atoms with van der Waals surface area (Å²) in [6.07, 6.45) is -1.83. The highest BCUT2D eigenvalue weighted by Gasteiger charge is 2.26. The molecule has 0 aromatic heterocycles. The van der Waals surface area contributed by atoms with Gasteiger partial charge in [-0.1, -0.05) is 30.3 Å². The zero-order chi connectivity index (χ0) is 15.2. The number of carbonyl (C=O) groups is 1. The zero-order valence-electron chi connectivity index (χ0n) is 11.9. The van der Waals surface area contributed by atoms with E-state index in [9.17, 15) is 13.6 Å². The first-order valence-electron chi connectivity index (χ1n) is 7.15. The minimum atomic E-state index is -2.33. The van der Waals surface area contributed by atoms with Crippen molar-refractivity contribution in [3.8, 4) is 0 Å². The molecule has 1 saturated heterocycles. The van der Waals surface area contributed by atoms with Crippen LogP contribution in [0.2, 0.25) is 0 Å². The number of hydrogen-bond donors (Lipinski definition) is 1. The Hall–Kier alpha value is -1.53. The van der Waals surface area contributed by atoms with Crippen molar-refractivity contribution < 1.29 is 13.6 Å². The van der Waals surface area contributed by atoms with Crippen molar-refractivity contribution in [1.82, 2.24) is 9.80 Å². The number of carbonyl (C=O) groups excluding carboxylic acids is 1. The van der Waals surface area contributed by atoms with Gasteiger partial charge in [0.15, 0.2) is 0 Å². The van der Waals surface area contributed by atoms with Crippen LogP contribution in [0.4, 0.5) is 8.78 Å². The fourth-order valence-corrected chi connectivity index (χ4v) is 2.54. The summed E-state index contributed by atoms with van der Waals surface area (Å²) in [6, 6.07) is 9.04. The predicted octanol–water partition coefficient (Wildman–Crippen LogP) is 0.966. The molecular formula is C15H21F2N3O. The summed E-state index contributed by atoms with van der Waals surface area (Å²) < 4.78 is 24.6. The van der Waals surface area contributed by atoms with E-state index in [1.165, 1.54) is 0 Å². The molecule has 21 heavy (non-hydrogen) atoms. The lowest BCUT2D eigenvalue weighted by Gasteiger charge is -2.35. The molecule has 0 unspecified atom stereocenters. The SMILES string of the molecule is N[C@@H](Cc1ccccc1)C(=O)N1CCN(CC(F)F)CC1. The fraction of sp³-hybridized carbons (Fsp3) is 0.533. The highest BCUT2D eigenvalue weighted by Crippen LogP contribution is 2.08. The van der Waals surface area contributed by atoms with Crippen LogP contribution in [0.25, 0.3) is 0 Å². The van der Waals surface area contributed by atoms with Crippen molar-refractivity contribution in [1.29, 1.82) is 0 Å². The van der Waals surface area contributed by atoms with Crippen LogP contribution in [0.1, 0.15) is 5.56 Å². The number of amides is 1. The molecule has 0 spiro atoms. The van der Waals surface area contributed by atoms with Gasteiger partial charge in [-0.25, -0.2) is 8.78 Å². The van der Waals surface area contributed by atoms with Gasteiger partial charge >= 0.3 is 0 Å². The van der Waals surface area contributed by atoms with Crippen LogP contribution in [-0.2, 0) is 11.2 Å². The number of benzene rings is 1. The summed E-state index contributed by atoms with van der Waals surface area (Å²) >= 11 is 0. The second kappa shape index (κ2) is 7.47. The van der Waals surface area contributed by atoms with E-state index in [2.05, 4.69) is 0 Å². The molecule has 1 aliphatic heterocycles. The lowest BCUT2D eigenvalue weighted by molar-refractivity contribution is -0.134. The van der Waals surface area contributed by atoms with E-state index in [0.717, 1.165) is 5.56 Å². The van der Waals surface area contributed by atoms with E-state index in [1.807, 2.05) is 30.3 Å². The topological polar surface area (TPSA) is 49.6 Å². The first kappa shape index (κ1) is 15.9. The highest BCUT2D eigenvalue weighted by molar-refractivity contribution is 5.82. The van der Waals surface area contributed by atoms with Crippen molar-refractivity contribution in [2.45, 2.75) is 18.9 Å². The molecule has 2 N–H and O–H groups in total. The van der Waals surface area contributed by atoms with Crippen LogP contribution in [0.5, 0.6) is 0 Å². The quantitative estimate of drug-likeness (QED) is 0.881. The minimum Gasteiger partial charge on any atom is -0.339 e. The molecule has 0 saturated carbocycles. The lowest BCUT2D eigenvalue weighted by atomic mass is 10.1. The molecule has 1 fully saturated rings. The zero-order valence-corrected chi connectivity index (χ0v) is 11.9. The van der Waals surface area contributed by atoms with E-state index in [4.69, 9.17) is 5.73 Å². The Morgan fingerprint density at radius 2 is 1.76 bits per heavy atom. The Morgan fingerprint density at radius 3 is 2.33 bits per heavy atom. The van der Waals surface area contributed by atoms with Crippen LogP contribution < -0.4 is 5.73 Å². The maximum Gasteiger partial charge on any atom is 0.251 e. The second-order valence-electron chi connectivity index (χ2n) is 5.31. The number of halogens is 2. The molecule has 0 bridgehead atoms. The third kappa shape index (κ3) is 4.75. The van der Waals surface area contributed by atoms with Crippen LogP contribution in [0.3, 0.4) is 0 Å². The monoisotopic (exact) mass is 297 g/mol. The largest absolute Gasteiger partial charge is 0.339 e. The van der Waals surface area contributed by atoms with Crippen molar-refractivity contribution in [2.24, 2.45) is 5.73 Å². The van der Waals surface area contributed by atoms with E-state index in [1.54, 1.807) is 9.80 Å². The number of rotatable bonds is 5. The van der Waals surface area contributed by atoms with Gasteiger partial charge in [0.1, 0.15) is 0 Å².